The van der Waals surface area contributed by atoms with Gasteiger partial charge in [0.25, 0.3) is 0 Å². The Balaban J connectivity index is 1.59. The van der Waals surface area contributed by atoms with Crippen LogP contribution in [0.5, 0.6) is 0 Å². The number of amidine groups is 1. The monoisotopic (exact) mass is 403 g/mol. The van der Waals surface area contributed by atoms with Crippen LogP contribution in [0.4, 0.5) is 0 Å². The third-order valence-corrected chi connectivity index (χ3v) is 7.00. The molecule has 0 saturated heterocycles. The molecule has 0 aromatic rings. The standard InChI is InChI=1S/C25H45N3O/c1-2-4-6-10-20-24(21-11-7-5-3-1)28-29-25(26-22-16-12-8-13-17-22)27-23-18-14-9-15-19-23/h22-23H,1-21H2,(H,26,27). The van der Waals surface area contributed by atoms with E-state index in [1.165, 1.54) is 128 Å². The quantitative estimate of drug-likeness (QED) is 0.306. The van der Waals surface area contributed by atoms with Crippen LogP contribution in [-0.2, 0) is 4.84 Å². The highest BCUT2D eigenvalue weighted by Crippen LogP contribution is 2.22. The van der Waals surface area contributed by atoms with Gasteiger partial charge >= 0.3 is 6.02 Å². The molecule has 3 saturated carbocycles. The molecule has 3 aliphatic carbocycles. The Kier molecular flexibility index (Phi) is 10.9. The summed E-state index contributed by atoms with van der Waals surface area (Å²) in [6.45, 7) is 0. The molecule has 0 spiro atoms. The second-order valence-electron chi connectivity index (χ2n) is 9.64. The molecule has 3 aliphatic rings. The van der Waals surface area contributed by atoms with E-state index in [0.717, 1.165) is 12.8 Å². The molecule has 0 radical (unpaired) electrons. The molecule has 0 aromatic heterocycles. The fourth-order valence-corrected chi connectivity index (χ4v) is 5.10. The molecule has 3 fully saturated rings. The van der Waals surface area contributed by atoms with Crippen LogP contribution in [0.1, 0.15) is 135 Å². The van der Waals surface area contributed by atoms with Crippen LogP contribution in [0, 0.1) is 0 Å². The van der Waals surface area contributed by atoms with Crippen LogP contribution in [0.25, 0.3) is 0 Å². The molecule has 4 heteroatoms. The molecule has 3 rings (SSSR count). The number of hydrogen-bond acceptors (Lipinski definition) is 3. The normalized spacial score (nSPS) is 25.0. The van der Waals surface area contributed by atoms with Crippen molar-refractivity contribution in [1.82, 2.24) is 5.32 Å². The minimum absolute atomic E-state index is 0.423. The summed E-state index contributed by atoms with van der Waals surface area (Å²) in [7, 11) is 0. The van der Waals surface area contributed by atoms with E-state index in [2.05, 4.69) is 10.5 Å². The predicted molar refractivity (Wildman–Crippen MR) is 124 cm³/mol. The van der Waals surface area contributed by atoms with E-state index in [1.807, 2.05) is 0 Å². The van der Waals surface area contributed by atoms with Gasteiger partial charge in [-0.15, -0.1) is 0 Å². The number of nitrogens with zero attached hydrogens (tertiary/aromatic N) is 2. The lowest BCUT2D eigenvalue weighted by Gasteiger charge is -2.25. The van der Waals surface area contributed by atoms with Crippen LogP contribution in [-0.4, -0.2) is 23.8 Å². The molecule has 0 atom stereocenters. The number of aliphatic imine (C=N–C) groups is 1. The van der Waals surface area contributed by atoms with E-state index in [4.69, 9.17) is 9.83 Å². The molecular formula is C25H45N3O. The van der Waals surface area contributed by atoms with Gasteiger partial charge in [0.2, 0.25) is 0 Å². The highest BCUT2D eigenvalue weighted by Gasteiger charge is 2.19. The topological polar surface area (TPSA) is 46.0 Å². The van der Waals surface area contributed by atoms with Gasteiger partial charge in [0.05, 0.1) is 11.8 Å². The molecule has 0 aromatic carbocycles. The number of rotatable bonds is 3. The van der Waals surface area contributed by atoms with Crippen LogP contribution >= 0.6 is 0 Å². The molecule has 0 aliphatic heterocycles. The zero-order chi connectivity index (χ0) is 20.0. The summed E-state index contributed by atoms with van der Waals surface area (Å²) in [5.41, 5.74) is 1.26. The minimum atomic E-state index is 0.423. The summed E-state index contributed by atoms with van der Waals surface area (Å²) in [5, 5.41) is 8.30. The van der Waals surface area contributed by atoms with Crippen molar-refractivity contribution in [2.24, 2.45) is 10.1 Å². The van der Waals surface area contributed by atoms with Crippen molar-refractivity contribution in [1.29, 1.82) is 0 Å². The Morgan fingerprint density at radius 1 is 0.621 bits per heavy atom. The van der Waals surface area contributed by atoms with Crippen LogP contribution < -0.4 is 5.32 Å². The van der Waals surface area contributed by atoms with Gasteiger partial charge in [-0.2, -0.15) is 0 Å². The Morgan fingerprint density at radius 3 is 1.69 bits per heavy atom. The van der Waals surface area contributed by atoms with Crippen molar-refractivity contribution in [3.8, 4) is 0 Å². The van der Waals surface area contributed by atoms with Gasteiger partial charge in [0.1, 0.15) is 0 Å². The first kappa shape index (κ1) is 22.6. The summed E-state index contributed by atoms with van der Waals surface area (Å²) < 4.78 is 0. The van der Waals surface area contributed by atoms with Crippen molar-refractivity contribution in [3.63, 3.8) is 0 Å². The van der Waals surface area contributed by atoms with Gasteiger partial charge in [-0.05, 0) is 51.4 Å². The maximum Gasteiger partial charge on any atom is 0.315 e. The van der Waals surface area contributed by atoms with E-state index >= 15 is 0 Å². The third-order valence-electron chi connectivity index (χ3n) is 7.00. The molecule has 0 bridgehead atoms. The van der Waals surface area contributed by atoms with Gasteiger partial charge in [0.15, 0.2) is 0 Å². The lowest BCUT2D eigenvalue weighted by molar-refractivity contribution is 0.282. The summed E-state index contributed by atoms with van der Waals surface area (Å²) in [5.74, 6) is 0. The third kappa shape index (κ3) is 9.53. The second kappa shape index (κ2) is 14.0. The predicted octanol–water partition coefficient (Wildman–Crippen LogP) is 7.27. The highest BCUT2D eigenvalue weighted by molar-refractivity contribution is 5.85. The Hall–Kier alpha value is -1.06. The van der Waals surface area contributed by atoms with Crippen LogP contribution in [0.15, 0.2) is 10.1 Å². The van der Waals surface area contributed by atoms with Crippen LogP contribution in [0.3, 0.4) is 0 Å². The van der Waals surface area contributed by atoms with E-state index in [1.54, 1.807) is 0 Å². The largest absolute Gasteiger partial charge is 0.335 e. The minimum Gasteiger partial charge on any atom is -0.335 e. The van der Waals surface area contributed by atoms with Gasteiger partial charge in [-0.1, -0.05) is 88.6 Å². The molecule has 0 heterocycles. The molecule has 166 valence electrons. The van der Waals surface area contributed by atoms with Crippen molar-refractivity contribution >= 4 is 11.7 Å². The molecule has 0 unspecified atom stereocenters. The first-order valence-corrected chi connectivity index (χ1v) is 13.0. The van der Waals surface area contributed by atoms with Crippen molar-refractivity contribution in [2.75, 3.05) is 0 Å². The first-order chi connectivity index (χ1) is 14.4. The molecular weight excluding hydrogens is 358 g/mol. The lowest BCUT2D eigenvalue weighted by Crippen LogP contribution is -2.38. The maximum atomic E-state index is 6.04. The molecule has 0 amide bonds. The molecule has 4 nitrogen and oxygen atoms in total. The fourth-order valence-electron chi connectivity index (χ4n) is 5.10. The van der Waals surface area contributed by atoms with Crippen molar-refractivity contribution in [2.45, 2.75) is 147 Å². The van der Waals surface area contributed by atoms with Gasteiger partial charge < -0.3 is 10.2 Å². The number of hydrogen-bond donors (Lipinski definition) is 1. The van der Waals surface area contributed by atoms with Crippen molar-refractivity contribution in [3.05, 3.63) is 0 Å². The van der Waals surface area contributed by atoms with E-state index in [-0.39, 0.29) is 0 Å². The lowest BCUT2D eigenvalue weighted by atomic mass is 9.95. The fraction of sp³-hybridized carbons (Fsp3) is 0.920. The van der Waals surface area contributed by atoms with E-state index in [0.29, 0.717) is 18.1 Å². The summed E-state index contributed by atoms with van der Waals surface area (Å²) in [6, 6.07) is 1.65. The van der Waals surface area contributed by atoms with E-state index < -0.39 is 0 Å². The Morgan fingerprint density at radius 2 is 1.10 bits per heavy atom. The van der Waals surface area contributed by atoms with Gasteiger partial charge in [0, 0.05) is 6.04 Å². The smallest absolute Gasteiger partial charge is 0.315 e. The SMILES string of the molecule is C1CCCCCC(=NO/C(=N\C2CCCCC2)NC2CCCCC2)CCCCC1. The average Bonchev–Trinajstić information content (AvgIpc) is 2.75. The zero-order valence-electron chi connectivity index (χ0n) is 18.8. The number of nitrogens with one attached hydrogen (secondary N) is 1. The maximum absolute atomic E-state index is 6.04. The zero-order valence-corrected chi connectivity index (χ0v) is 18.8. The van der Waals surface area contributed by atoms with Crippen molar-refractivity contribution < 1.29 is 4.84 Å². The summed E-state index contributed by atoms with van der Waals surface area (Å²) in [4.78, 5) is 11.0. The highest BCUT2D eigenvalue weighted by atomic mass is 16.6. The first-order valence-electron chi connectivity index (χ1n) is 13.0. The van der Waals surface area contributed by atoms with Gasteiger partial charge in [-0.3, -0.25) is 0 Å². The number of oxime groups is 1. The average molecular weight is 404 g/mol. The van der Waals surface area contributed by atoms with Gasteiger partial charge in [-0.25, -0.2) is 4.99 Å². The van der Waals surface area contributed by atoms with Crippen LogP contribution in [0.2, 0.25) is 0 Å². The second-order valence-corrected chi connectivity index (χ2v) is 9.64. The Bertz CT molecular complexity index is 476. The van der Waals surface area contributed by atoms with E-state index in [9.17, 15) is 0 Å². The Labute approximate surface area is 179 Å². The molecule has 29 heavy (non-hydrogen) atoms. The molecule has 1 N–H and O–H groups in total. The summed E-state index contributed by atoms with van der Waals surface area (Å²) >= 11 is 0. The summed E-state index contributed by atoms with van der Waals surface area (Å²) in [6.07, 6.45) is 27.3.